The van der Waals surface area contributed by atoms with Crippen LogP contribution >= 0.6 is 0 Å². The molecule has 0 saturated carbocycles. The summed E-state index contributed by atoms with van der Waals surface area (Å²) >= 11 is 0. The second-order valence-corrected chi connectivity index (χ2v) is 12.6. The minimum Gasteiger partial charge on any atom is -0.481 e. The SMILES string of the molecule is CCCCCCCCCCCC(=O)N[C@H](C(=O)N[C@H](C(=O)N[C@@H](C)C(=O)N[C@@H](C)C(=O)N[C@@H](CC(=O)O)C(=O)O)C(C)C)C(C)C. The van der Waals surface area contributed by atoms with E-state index >= 15 is 0 Å². The van der Waals surface area contributed by atoms with Gasteiger partial charge in [-0.1, -0.05) is 86.0 Å². The Kier molecular flexibility index (Phi) is 20.9. The van der Waals surface area contributed by atoms with E-state index in [1.807, 2.05) is 5.32 Å². The van der Waals surface area contributed by atoms with Crippen LogP contribution in [0.25, 0.3) is 0 Å². The van der Waals surface area contributed by atoms with Gasteiger partial charge in [0.2, 0.25) is 29.5 Å². The van der Waals surface area contributed by atoms with Gasteiger partial charge in [-0.3, -0.25) is 28.8 Å². The molecule has 14 nitrogen and oxygen atoms in total. The summed E-state index contributed by atoms with van der Waals surface area (Å²) in [5, 5.41) is 30.3. The number of aliphatic carboxylic acids is 2. The normalized spacial score (nSPS) is 14.4. The van der Waals surface area contributed by atoms with E-state index in [4.69, 9.17) is 10.2 Å². The van der Waals surface area contributed by atoms with Gasteiger partial charge in [0.05, 0.1) is 6.42 Å². The minimum absolute atomic E-state index is 0.233. The Labute approximate surface area is 273 Å². The number of carbonyl (C=O) groups is 7. The van der Waals surface area contributed by atoms with Crippen molar-refractivity contribution in [3.8, 4) is 0 Å². The standard InChI is InChI=1S/C32H57N5O9/c1-8-9-10-11-12-13-14-15-16-17-24(38)36-26(19(2)3)31(44)37-27(20(4)5)30(43)34-21(6)28(41)33-22(7)29(42)35-23(32(45)46)18-25(39)40/h19-23,26-27H,8-18H2,1-7H3,(H,33,41)(H,34,43)(H,35,42)(H,36,38)(H,37,44)(H,39,40)(H,45,46)/t21-,22-,23-,26-,27-/m0/s1. The third kappa shape index (κ3) is 17.7. The molecular formula is C32H57N5O9. The zero-order valence-corrected chi connectivity index (χ0v) is 28.6. The lowest BCUT2D eigenvalue weighted by molar-refractivity contribution is -0.147. The first-order valence-electron chi connectivity index (χ1n) is 16.5. The first kappa shape index (κ1) is 42.3. The summed E-state index contributed by atoms with van der Waals surface area (Å²) in [4.78, 5) is 86.0. The Morgan fingerprint density at radius 2 is 0.935 bits per heavy atom. The highest BCUT2D eigenvalue weighted by Crippen LogP contribution is 2.12. The van der Waals surface area contributed by atoms with Gasteiger partial charge < -0.3 is 36.8 Å². The number of hydrogen-bond acceptors (Lipinski definition) is 7. The van der Waals surface area contributed by atoms with Gasteiger partial charge in [0.15, 0.2) is 0 Å². The van der Waals surface area contributed by atoms with Gasteiger partial charge in [0.25, 0.3) is 0 Å². The predicted molar refractivity (Wildman–Crippen MR) is 172 cm³/mol. The highest BCUT2D eigenvalue weighted by Gasteiger charge is 2.32. The van der Waals surface area contributed by atoms with Crippen LogP contribution in [0.1, 0.15) is 119 Å². The summed E-state index contributed by atoms with van der Waals surface area (Å²) in [6, 6.07) is -5.98. The molecule has 264 valence electrons. The van der Waals surface area contributed by atoms with Crippen molar-refractivity contribution in [1.82, 2.24) is 26.6 Å². The van der Waals surface area contributed by atoms with Crippen LogP contribution in [-0.4, -0.2) is 81.9 Å². The molecule has 0 spiro atoms. The predicted octanol–water partition coefficient (Wildman–Crippen LogP) is 2.24. The van der Waals surface area contributed by atoms with Crippen LogP contribution in [0.4, 0.5) is 0 Å². The maximum absolute atomic E-state index is 13.2. The van der Waals surface area contributed by atoms with Crippen LogP contribution < -0.4 is 26.6 Å². The summed E-state index contributed by atoms with van der Waals surface area (Å²) in [7, 11) is 0. The number of carbonyl (C=O) groups excluding carboxylic acids is 5. The van der Waals surface area contributed by atoms with Gasteiger partial charge in [0, 0.05) is 6.42 Å². The van der Waals surface area contributed by atoms with E-state index in [2.05, 4.69) is 28.2 Å². The summed E-state index contributed by atoms with van der Waals surface area (Å²) in [6.45, 7) is 11.8. The zero-order valence-electron chi connectivity index (χ0n) is 28.6. The summed E-state index contributed by atoms with van der Waals surface area (Å²) in [6.07, 6.45) is 9.55. The Balaban J connectivity index is 5.00. The summed E-state index contributed by atoms with van der Waals surface area (Å²) in [5.74, 6) is -6.71. The van der Waals surface area contributed by atoms with E-state index in [0.29, 0.717) is 6.42 Å². The molecule has 5 atom stereocenters. The molecular weight excluding hydrogens is 598 g/mol. The molecule has 0 saturated heterocycles. The van der Waals surface area contributed by atoms with Crippen molar-refractivity contribution in [2.75, 3.05) is 0 Å². The monoisotopic (exact) mass is 655 g/mol. The molecule has 7 N–H and O–H groups in total. The van der Waals surface area contributed by atoms with Crippen molar-refractivity contribution in [2.24, 2.45) is 11.8 Å². The van der Waals surface area contributed by atoms with Crippen LogP contribution in [0.5, 0.6) is 0 Å². The van der Waals surface area contributed by atoms with Crippen molar-refractivity contribution in [3.63, 3.8) is 0 Å². The first-order chi connectivity index (χ1) is 21.5. The van der Waals surface area contributed by atoms with Gasteiger partial charge in [0.1, 0.15) is 30.2 Å². The third-order valence-electron chi connectivity index (χ3n) is 7.52. The maximum Gasteiger partial charge on any atom is 0.326 e. The molecule has 14 heteroatoms. The molecule has 0 aromatic heterocycles. The highest BCUT2D eigenvalue weighted by molar-refractivity contribution is 5.96. The van der Waals surface area contributed by atoms with Crippen molar-refractivity contribution in [3.05, 3.63) is 0 Å². The third-order valence-corrected chi connectivity index (χ3v) is 7.52. The number of carboxylic acids is 2. The molecule has 5 amide bonds. The van der Waals surface area contributed by atoms with E-state index in [9.17, 15) is 33.6 Å². The fraction of sp³-hybridized carbons (Fsp3) is 0.781. The number of carboxylic acid groups (broad SMARTS) is 2. The Bertz CT molecular complexity index is 1020. The van der Waals surface area contributed by atoms with Gasteiger partial charge >= 0.3 is 11.9 Å². The van der Waals surface area contributed by atoms with Crippen molar-refractivity contribution < 1.29 is 43.8 Å². The number of amides is 5. The topological polar surface area (TPSA) is 220 Å². The number of rotatable bonds is 24. The van der Waals surface area contributed by atoms with E-state index < -0.39 is 72.2 Å². The smallest absolute Gasteiger partial charge is 0.326 e. The van der Waals surface area contributed by atoms with Crippen LogP contribution in [0, 0.1) is 11.8 Å². The van der Waals surface area contributed by atoms with Gasteiger partial charge in [-0.15, -0.1) is 0 Å². The molecule has 0 fully saturated rings. The Morgan fingerprint density at radius 3 is 1.39 bits per heavy atom. The molecule has 0 aliphatic heterocycles. The van der Waals surface area contributed by atoms with Gasteiger partial charge in [-0.25, -0.2) is 4.79 Å². The molecule has 0 bridgehead atoms. The van der Waals surface area contributed by atoms with Crippen LogP contribution in [0.2, 0.25) is 0 Å². The lowest BCUT2D eigenvalue weighted by atomic mass is 9.99. The molecule has 46 heavy (non-hydrogen) atoms. The summed E-state index contributed by atoms with van der Waals surface area (Å²) < 4.78 is 0. The number of unbranched alkanes of at least 4 members (excludes halogenated alkanes) is 8. The molecule has 0 aromatic rings. The molecule has 0 aliphatic carbocycles. The second kappa shape index (κ2) is 22.7. The van der Waals surface area contributed by atoms with Crippen LogP contribution in [0.15, 0.2) is 0 Å². The molecule has 0 unspecified atom stereocenters. The van der Waals surface area contributed by atoms with E-state index in [0.717, 1.165) is 25.7 Å². The average Bonchev–Trinajstić information content (AvgIpc) is 2.96. The summed E-state index contributed by atoms with van der Waals surface area (Å²) in [5.41, 5.74) is 0. The van der Waals surface area contributed by atoms with Crippen molar-refractivity contribution >= 4 is 41.5 Å². The van der Waals surface area contributed by atoms with Gasteiger partial charge in [-0.05, 0) is 32.1 Å². The zero-order chi connectivity index (χ0) is 35.4. The van der Waals surface area contributed by atoms with Crippen molar-refractivity contribution in [2.45, 2.75) is 149 Å². The molecule has 0 aliphatic rings. The van der Waals surface area contributed by atoms with Gasteiger partial charge in [-0.2, -0.15) is 0 Å². The van der Waals surface area contributed by atoms with Crippen LogP contribution in [-0.2, 0) is 33.6 Å². The Hall–Kier alpha value is -3.71. The molecule has 0 radical (unpaired) electrons. The Morgan fingerprint density at radius 1 is 0.522 bits per heavy atom. The molecule has 0 rings (SSSR count). The van der Waals surface area contributed by atoms with E-state index in [1.165, 1.54) is 46.0 Å². The number of hydrogen-bond donors (Lipinski definition) is 7. The van der Waals surface area contributed by atoms with E-state index in [-0.39, 0.29) is 17.7 Å². The molecule has 0 heterocycles. The largest absolute Gasteiger partial charge is 0.481 e. The second-order valence-electron chi connectivity index (χ2n) is 12.6. The lowest BCUT2D eigenvalue weighted by Crippen LogP contribution is -2.59. The van der Waals surface area contributed by atoms with Crippen molar-refractivity contribution in [1.29, 1.82) is 0 Å². The number of nitrogens with one attached hydrogen (secondary N) is 5. The quantitative estimate of drug-likeness (QED) is 0.0757. The molecule has 0 aromatic carbocycles. The minimum atomic E-state index is -1.69. The first-order valence-corrected chi connectivity index (χ1v) is 16.5. The lowest BCUT2D eigenvalue weighted by Gasteiger charge is -2.28. The average molecular weight is 656 g/mol. The fourth-order valence-corrected chi connectivity index (χ4v) is 4.60. The van der Waals surface area contributed by atoms with E-state index in [1.54, 1.807) is 27.7 Å². The highest BCUT2D eigenvalue weighted by atomic mass is 16.4. The fourth-order valence-electron chi connectivity index (χ4n) is 4.60. The maximum atomic E-state index is 13.2. The van der Waals surface area contributed by atoms with Crippen LogP contribution in [0.3, 0.4) is 0 Å².